The zero-order valence-electron chi connectivity index (χ0n) is 9.79. The highest BCUT2D eigenvalue weighted by molar-refractivity contribution is 7.50. The average molecular weight is 322 g/mol. The molecule has 0 aliphatic heterocycles. The van der Waals surface area contributed by atoms with Gasteiger partial charge in [-0.2, -0.15) is 0 Å². The van der Waals surface area contributed by atoms with Crippen LogP contribution in [0.3, 0.4) is 0 Å². The Morgan fingerprint density at radius 2 is 1.68 bits per heavy atom. The largest absolute Gasteiger partial charge is 0.355 e. The zero-order chi connectivity index (χ0) is 14.3. The molecule has 0 fully saturated rings. The summed E-state index contributed by atoms with van der Waals surface area (Å²) in [4.78, 5) is 0. The Labute approximate surface area is 113 Å². The van der Waals surface area contributed by atoms with Gasteiger partial charge in [0.05, 0.1) is 6.04 Å². The summed E-state index contributed by atoms with van der Waals surface area (Å²) >= 11 is 0. The first-order valence-electron chi connectivity index (χ1n) is 5.11. The molecule has 2 unspecified atom stereocenters. The second kappa shape index (κ2) is 4.95. The molecule has 0 saturated heterocycles. The highest BCUT2D eigenvalue weighted by atomic mass is 31.2. The van der Waals surface area contributed by atoms with Gasteiger partial charge in [0.1, 0.15) is 11.3 Å². The molecule has 0 amide bonds. The van der Waals surface area contributed by atoms with Crippen LogP contribution in [0.15, 0.2) is 12.2 Å². The molecule has 0 saturated carbocycles. The molecule has 1 aromatic heterocycles. The maximum absolute atomic E-state index is 6.09. The van der Waals surface area contributed by atoms with Crippen molar-refractivity contribution in [3.05, 3.63) is 12.2 Å². The number of aromatic nitrogens is 3. The van der Waals surface area contributed by atoms with E-state index in [1.165, 1.54) is 12.2 Å². The van der Waals surface area contributed by atoms with Gasteiger partial charge in [0, 0.05) is 0 Å². The van der Waals surface area contributed by atoms with Crippen molar-refractivity contribution >= 4 is 25.1 Å². The Bertz CT molecular complexity index is 496. The second-order valence-corrected chi connectivity index (χ2v) is 7.46. The molecule has 2 rings (SSSR count). The van der Waals surface area contributed by atoms with E-state index >= 15 is 0 Å². The van der Waals surface area contributed by atoms with Crippen molar-refractivity contribution in [2.24, 2.45) is 34.4 Å². The van der Waals surface area contributed by atoms with Gasteiger partial charge in [0.2, 0.25) is 0 Å². The molecule has 1 heterocycles. The molecular formula is C6H15N9OP3+. The van der Waals surface area contributed by atoms with E-state index in [2.05, 4.69) is 13.5 Å². The first-order chi connectivity index (χ1) is 8.71. The molecule has 0 bridgehead atoms. The van der Waals surface area contributed by atoms with Crippen LogP contribution in [0.2, 0.25) is 0 Å². The number of nitrogens with two attached hydrogens (primary N) is 6. The predicted molar refractivity (Wildman–Crippen MR) is 74.8 cm³/mol. The maximum Gasteiger partial charge on any atom is 0.355 e. The highest BCUT2D eigenvalue weighted by Crippen LogP contribution is 2.33. The van der Waals surface area contributed by atoms with E-state index < -0.39 is 31.2 Å². The average Bonchev–Trinajstić information content (AvgIpc) is 2.35. The Balaban J connectivity index is 2.40. The Hall–Kier alpha value is -0.240. The first kappa shape index (κ1) is 15.2. The topological polar surface area (TPSA) is 204 Å². The van der Waals surface area contributed by atoms with Crippen LogP contribution in [-0.4, -0.2) is 36.6 Å². The third-order valence-corrected chi connectivity index (χ3v) is 5.98. The molecule has 1 aliphatic carbocycles. The summed E-state index contributed by atoms with van der Waals surface area (Å²) in [7, 11) is -0.472. The lowest BCUT2D eigenvalue weighted by atomic mass is 9.76. The molecule has 0 radical (unpaired) electrons. The van der Waals surface area contributed by atoms with Crippen molar-refractivity contribution in [2.45, 2.75) is 23.1 Å². The lowest BCUT2D eigenvalue weighted by molar-refractivity contribution is 0.0159. The molecule has 2 atom stereocenters. The van der Waals surface area contributed by atoms with Crippen LogP contribution in [0, 0.1) is 0 Å². The van der Waals surface area contributed by atoms with Crippen LogP contribution in [-0.2, 0) is 0 Å². The molecule has 19 heavy (non-hydrogen) atoms. The minimum Gasteiger partial charge on any atom is -0.322 e. The fourth-order valence-corrected chi connectivity index (χ4v) is 4.44. The van der Waals surface area contributed by atoms with Gasteiger partial charge in [-0.25, -0.2) is 4.52 Å². The summed E-state index contributed by atoms with van der Waals surface area (Å²) in [6.45, 7) is 0. The summed E-state index contributed by atoms with van der Waals surface area (Å²) in [5.41, 5.74) is 30.6. The maximum atomic E-state index is 6.09. The number of hydrogen-bond donors (Lipinski definition) is 6. The van der Waals surface area contributed by atoms with Crippen LogP contribution >= 0.6 is 25.1 Å². The van der Waals surface area contributed by atoms with Crippen LogP contribution < -0.4 is 38.9 Å². The van der Waals surface area contributed by atoms with Gasteiger partial charge in [0.25, 0.3) is 0 Å². The van der Waals surface area contributed by atoms with E-state index in [-0.39, 0.29) is 0 Å². The van der Waals surface area contributed by atoms with Gasteiger partial charge in [0.15, 0.2) is 5.72 Å². The van der Waals surface area contributed by atoms with Crippen molar-refractivity contribution in [2.75, 3.05) is 0 Å². The molecule has 13 heteroatoms. The quantitative estimate of drug-likeness (QED) is 0.249. The van der Waals surface area contributed by atoms with E-state index in [0.717, 1.165) is 0 Å². The molecular weight excluding hydrogens is 307 g/mol. The van der Waals surface area contributed by atoms with Crippen molar-refractivity contribution in [1.29, 1.82) is 0 Å². The van der Waals surface area contributed by atoms with Gasteiger partial charge in [-0.05, 0) is 19.6 Å². The Morgan fingerprint density at radius 3 is 2.26 bits per heavy atom. The molecule has 1 aliphatic rings. The van der Waals surface area contributed by atoms with Crippen LogP contribution in [0.4, 0.5) is 0 Å². The second-order valence-electron chi connectivity index (χ2n) is 4.27. The van der Waals surface area contributed by atoms with E-state index in [1.54, 1.807) is 0 Å². The first-order valence-corrected chi connectivity index (χ1v) is 7.87. The SMILES string of the molecule is NC1C=CC(N)(O[p+]2npnpn2)C(N)(N)C1(N)N. The van der Waals surface area contributed by atoms with Crippen molar-refractivity contribution < 1.29 is 4.52 Å². The monoisotopic (exact) mass is 322 g/mol. The van der Waals surface area contributed by atoms with Crippen molar-refractivity contribution in [3.63, 3.8) is 0 Å². The number of nitrogens with zero attached hydrogens (tertiary/aromatic N) is 3. The van der Waals surface area contributed by atoms with Crippen LogP contribution in [0.5, 0.6) is 0 Å². The normalized spacial score (nSPS) is 34.0. The van der Waals surface area contributed by atoms with Crippen LogP contribution in [0.25, 0.3) is 0 Å². The standard InChI is InChI=1S/C6H15N9OP3/c7-3-1-2-4(8,6(11,12)5(3,9)10)16-19-14-17-13-18-15-19/h1-3H,7-12H2/q+1. The predicted octanol–water partition coefficient (Wildman–Crippen LogP) is -2.49. The lowest BCUT2D eigenvalue weighted by Crippen LogP contribution is -2.92. The van der Waals surface area contributed by atoms with Crippen molar-refractivity contribution in [3.8, 4) is 0 Å². The fraction of sp³-hybridized carbons (Fsp3) is 0.667. The third-order valence-electron chi connectivity index (χ3n) is 3.01. The molecule has 12 N–H and O–H groups in total. The van der Waals surface area contributed by atoms with Gasteiger partial charge < -0.3 is 28.7 Å². The fourth-order valence-electron chi connectivity index (χ4n) is 1.58. The highest BCUT2D eigenvalue weighted by Gasteiger charge is 2.60. The minimum atomic E-state index is -1.79. The summed E-state index contributed by atoms with van der Waals surface area (Å²) in [6.07, 6.45) is 2.96. The smallest absolute Gasteiger partial charge is 0.322 e. The molecule has 0 aromatic carbocycles. The minimum absolute atomic E-state index is 0.521. The van der Waals surface area contributed by atoms with Gasteiger partial charge in [-0.3, -0.25) is 5.73 Å². The van der Waals surface area contributed by atoms with Crippen LogP contribution in [0.1, 0.15) is 0 Å². The summed E-state index contributed by atoms with van der Waals surface area (Å²) in [5, 5.41) is 0. The molecule has 10 nitrogen and oxygen atoms in total. The Morgan fingerprint density at radius 1 is 1.11 bits per heavy atom. The van der Waals surface area contributed by atoms with Gasteiger partial charge in [-0.15, -0.1) is 0 Å². The van der Waals surface area contributed by atoms with E-state index in [4.69, 9.17) is 38.9 Å². The van der Waals surface area contributed by atoms with Gasteiger partial charge >= 0.3 is 25.1 Å². The third kappa shape index (κ3) is 2.41. The van der Waals surface area contributed by atoms with E-state index in [0.29, 0.717) is 17.0 Å². The lowest BCUT2D eigenvalue weighted by Gasteiger charge is -2.52. The molecule has 1 aromatic rings. The van der Waals surface area contributed by atoms with E-state index in [1.807, 2.05) is 0 Å². The van der Waals surface area contributed by atoms with E-state index in [9.17, 15) is 0 Å². The molecule has 104 valence electrons. The summed E-state index contributed by atoms with van der Waals surface area (Å²) in [6, 6.07) is -0.748. The summed E-state index contributed by atoms with van der Waals surface area (Å²) < 4.78 is 17.6. The van der Waals surface area contributed by atoms with Crippen molar-refractivity contribution in [1.82, 2.24) is 13.5 Å². The molecule has 0 spiro atoms. The Kier molecular flexibility index (Phi) is 3.94. The van der Waals surface area contributed by atoms with Gasteiger partial charge in [-0.1, -0.05) is 6.08 Å². The number of hydrogen-bond acceptors (Lipinski definition) is 10. The summed E-state index contributed by atoms with van der Waals surface area (Å²) in [5.74, 6) is 0. The zero-order valence-corrected chi connectivity index (χ0v) is 12.5. The number of rotatable bonds is 2.